The van der Waals surface area contributed by atoms with Gasteiger partial charge in [-0.25, -0.2) is 4.98 Å². The number of nitrogen functional groups attached to an aromatic ring is 1. The largest absolute Gasteiger partial charge is 0.397 e. The number of nitrogens with two attached hydrogens (primary N) is 1. The molecule has 0 radical (unpaired) electrons. The van der Waals surface area contributed by atoms with Crippen LogP contribution in [-0.2, 0) is 0 Å². The van der Waals surface area contributed by atoms with Crippen LogP contribution >= 0.6 is 0 Å². The average Bonchev–Trinajstić information content (AvgIpc) is 2.18. The van der Waals surface area contributed by atoms with Crippen molar-refractivity contribution in [2.24, 2.45) is 10.8 Å². The summed E-state index contributed by atoms with van der Waals surface area (Å²) in [6, 6.07) is 4.41. The van der Waals surface area contributed by atoms with E-state index in [4.69, 9.17) is 5.73 Å². The molecule has 0 saturated heterocycles. The number of anilines is 2. The maximum absolute atomic E-state index is 5.82. The predicted octanol–water partition coefficient (Wildman–Crippen LogP) is 3.99. The first kappa shape index (κ1) is 14.2. The minimum atomic E-state index is 0.391. The number of pyridine rings is 1. The molecule has 0 atom stereocenters. The van der Waals surface area contributed by atoms with E-state index in [-0.39, 0.29) is 0 Å². The van der Waals surface area contributed by atoms with Gasteiger partial charge in [-0.2, -0.15) is 0 Å². The quantitative estimate of drug-likeness (QED) is 0.846. The fourth-order valence-corrected chi connectivity index (χ4v) is 3.81. The molecule has 1 aromatic rings. The van der Waals surface area contributed by atoms with E-state index in [0.717, 1.165) is 17.2 Å². The highest BCUT2D eigenvalue weighted by Crippen LogP contribution is 2.46. The minimum Gasteiger partial charge on any atom is -0.397 e. The lowest BCUT2D eigenvalue weighted by Gasteiger charge is -2.45. The molecule has 0 bridgehead atoms. The average molecular weight is 261 g/mol. The van der Waals surface area contributed by atoms with E-state index < -0.39 is 0 Å². The van der Waals surface area contributed by atoms with Gasteiger partial charge in [0, 0.05) is 6.04 Å². The number of aryl methyl sites for hydroxylation is 1. The first-order valence-electron chi connectivity index (χ1n) is 7.17. The van der Waals surface area contributed by atoms with Gasteiger partial charge in [-0.15, -0.1) is 0 Å². The van der Waals surface area contributed by atoms with Gasteiger partial charge in [0.25, 0.3) is 0 Å². The minimum absolute atomic E-state index is 0.391. The summed E-state index contributed by atoms with van der Waals surface area (Å²) in [5.41, 5.74) is 8.26. The summed E-state index contributed by atoms with van der Waals surface area (Å²) in [6.45, 7) is 11.4. The van der Waals surface area contributed by atoms with E-state index in [1.807, 2.05) is 19.1 Å². The number of nitrogens with zero attached hydrogens (tertiary/aromatic N) is 1. The molecule has 1 heterocycles. The van der Waals surface area contributed by atoms with Gasteiger partial charge in [0.2, 0.25) is 0 Å². The highest BCUT2D eigenvalue weighted by atomic mass is 15.0. The lowest BCUT2D eigenvalue weighted by molar-refractivity contribution is 0.105. The van der Waals surface area contributed by atoms with Crippen molar-refractivity contribution in [1.82, 2.24) is 4.98 Å². The van der Waals surface area contributed by atoms with Gasteiger partial charge < -0.3 is 11.1 Å². The van der Waals surface area contributed by atoms with E-state index in [2.05, 4.69) is 38.0 Å². The molecule has 1 aliphatic rings. The van der Waals surface area contributed by atoms with Crippen molar-refractivity contribution in [3.63, 3.8) is 0 Å². The molecule has 19 heavy (non-hydrogen) atoms. The van der Waals surface area contributed by atoms with Crippen molar-refractivity contribution in [1.29, 1.82) is 0 Å². The van der Waals surface area contributed by atoms with Crippen molar-refractivity contribution >= 4 is 11.5 Å². The van der Waals surface area contributed by atoms with Crippen LogP contribution < -0.4 is 11.1 Å². The van der Waals surface area contributed by atoms with Crippen LogP contribution in [0.25, 0.3) is 0 Å². The Hall–Kier alpha value is -1.25. The normalized spacial score (nSPS) is 22.2. The van der Waals surface area contributed by atoms with Crippen LogP contribution in [0.3, 0.4) is 0 Å². The van der Waals surface area contributed by atoms with Gasteiger partial charge in [-0.1, -0.05) is 27.7 Å². The molecular formula is C16H27N3. The number of rotatable bonds is 2. The van der Waals surface area contributed by atoms with Crippen molar-refractivity contribution in [3.05, 3.63) is 17.8 Å². The molecule has 0 aromatic carbocycles. The summed E-state index contributed by atoms with van der Waals surface area (Å²) < 4.78 is 0. The summed E-state index contributed by atoms with van der Waals surface area (Å²) in [7, 11) is 0. The SMILES string of the molecule is Cc1nc(NC2CC(C)(C)CC(C)(C)C2)ccc1N. The molecule has 1 aromatic heterocycles. The predicted molar refractivity (Wildman–Crippen MR) is 82.2 cm³/mol. The molecule has 3 nitrogen and oxygen atoms in total. The number of hydrogen-bond donors (Lipinski definition) is 2. The third kappa shape index (κ3) is 3.62. The van der Waals surface area contributed by atoms with Crippen LogP contribution in [0.1, 0.15) is 52.7 Å². The summed E-state index contributed by atoms with van der Waals surface area (Å²) in [4.78, 5) is 4.53. The second-order valence-corrected chi connectivity index (χ2v) is 7.63. The van der Waals surface area contributed by atoms with Crippen LogP contribution in [0.15, 0.2) is 12.1 Å². The molecule has 3 heteroatoms. The van der Waals surface area contributed by atoms with Gasteiger partial charge in [0.15, 0.2) is 0 Å². The van der Waals surface area contributed by atoms with Crippen molar-refractivity contribution in [2.45, 2.75) is 59.9 Å². The Bertz CT molecular complexity index is 447. The van der Waals surface area contributed by atoms with Crippen LogP contribution in [0.5, 0.6) is 0 Å². The highest BCUT2D eigenvalue weighted by Gasteiger charge is 2.38. The second-order valence-electron chi connectivity index (χ2n) is 7.63. The highest BCUT2D eigenvalue weighted by molar-refractivity contribution is 5.49. The van der Waals surface area contributed by atoms with Crippen LogP contribution in [-0.4, -0.2) is 11.0 Å². The maximum atomic E-state index is 5.82. The Labute approximate surface area is 117 Å². The zero-order chi connectivity index (χ0) is 14.3. The first-order chi connectivity index (χ1) is 8.67. The van der Waals surface area contributed by atoms with Gasteiger partial charge in [0.1, 0.15) is 5.82 Å². The summed E-state index contributed by atoms with van der Waals surface area (Å²) in [6.07, 6.45) is 3.68. The lowest BCUT2D eigenvalue weighted by Crippen LogP contribution is -2.40. The molecule has 3 N–H and O–H groups in total. The molecule has 0 aliphatic heterocycles. The number of aromatic nitrogens is 1. The van der Waals surface area contributed by atoms with Gasteiger partial charge in [-0.05, 0) is 49.1 Å². The van der Waals surface area contributed by atoms with Crippen LogP contribution in [0.4, 0.5) is 11.5 Å². The number of nitrogens with one attached hydrogen (secondary N) is 1. The molecule has 1 saturated carbocycles. The molecule has 106 valence electrons. The zero-order valence-electron chi connectivity index (χ0n) is 12.9. The van der Waals surface area contributed by atoms with Crippen molar-refractivity contribution < 1.29 is 0 Å². The number of hydrogen-bond acceptors (Lipinski definition) is 3. The Kier molecular flexibility index (Phi) is 3.50. The molecule has 0 amide bonds. The molecular weight excluding hydrogens is 234 g/mol. The zero-order valence-corrected chi connectivity index (χ0v) is 12.9. The summed E-state index contributed by atoms with van der Waals surface area (Å²) in [5, 5.41) is 3.59. The molecule has 2 rings (SSSR count). The third-order valence-electron chi connectivity index (χ3n) is 4.03. The van der Waals surface area contributed by atoms with E-state index in [0.29, 0.717) is 16.9 Å². The standard InChI is InChI=1S/C16H27N3/c1-11-13(17)6-7-14(18-11)19-12-8-15(2,3)10-16(4,5)9-12/h6-7,12H,8-10,17H2,1-5H3,(H,18,19). The fourth-order valence-electron chi connectivity index (χ4n) is 3.81. The summed E-state index contributed by atoms with van der Waals surface area (Å²) in [5.74, 6) is 0.949. The Morgan fingerprint density at radius 2 is 1.74 bits per heavy atom. The third-order valence-corrected chi connectivity index (χ3v) is 4.03. The topological polar surface area (TPSA) is 50.9 Å². The van der Waals surface area contributed by atoms with Gasteiger partial charge in [0.05, 0.1) is 11.4 Å². The van der Waals surface area contributed by atoms with E-state index in [9.17, 15) is 0 Å². The monoisotopic (exact) mass is 261 g/mol. The Morgan fingerprint density at radius 1 is 1.16 bits per heavy atom. The molecule has 0 spiro atoms. The van der Waals surface area contributed by atoms with Crippen LogP contribution in [0, 0.1) is 17.8 Å². The molecule has 0 unspecified atom stereocenters. The van der Waals surface area contributed by atoms with Crippen molar-refractivity contribution in [3.8, 4) is 0 Å². The lowest BCUT2D eigenvalue weighted by atomic mass is 9.63. The van der Waals surface area contributed by atoms with E-state index in [1.165, 1.54) is 19.3 Å². The second kappa shape index (κ2) is 4.69. The first-order valence-corrected chi connectivity index (χ1v) is 7.17. The van der Waals surface area contributed by atoms with Gasteiger partial charge >= 0.3 is 0 Å². The molecule has 1 aliphatic carbocycles. The van der Waals surface area contributed by atoms with Crippen LogP contribution in [0.2, 0.25) is 0 Å². The van der Waals surface area contributed by atoms with Gasteiger partial charge in [-0.3, -0.25) is 0 Å². The van der Waals surface area contributed by atoms with E-state index >= 15 is 0 Å². The summed E-state index contributed by atoms with van der Waals surface area (Å²) >= 11 is 0. The Morgan fingerprint density at radius 3 is 2.26 bits per heavy atom. The van der Waals surface area contributed by atoms with Crippen molar-refractivity contribution in [2.75, 3.05) is 11.1 Å². The fraction of sp³-hybridized carbons (Fsp3) is 0.688. The molecule has 1 fully saturated rings. The Balaban J connectivity index is 2.11. The van der Waals surface area contributed by atoms with E-state index in [1.54, 1.807) is 0 Å². The maximum Gasteiger partial charge on any atom is 0.126 e. The smallest absolute Gasteiger partial charge is 0.126 e.